The summed E-state index contributed by atoms with van der Waals surface area (Å²) in [6.07, 6.45) is 8.15. The van der Waals surface area contributed by atoms with Gasteiger partial charge in [0.25, 0.3) is 0 Å². The zero-order valence-electron chi connectivity index (χ0n) is 9.30. The monoisotopic (exact) mass is 182 g/mol. The maximum Gasteiger partial charge on any atom is 0.0485 e. The molecular weight excluding hydrogens is 160 g/mol. The Labute approximate surface area is 82.0 Å². The zero-order valence-corrected chi connectivity index (χ0v) is 9.30. The lowest BCUT2D eigenvalue weighted by atomic mass is 9.89. The first kappa shape index (κ1) is 10.6. The fraction of sp³-hybridized carbons (Fsp3) is 0.818. The molecule has 2 heteroatoms. The number of nitrogens with one attached hydrogen (secondary N) is 1. The Hall–Kier alpha value is -0.500. The van der Waals surface area contributed by atoms with Gasteiger partial charge in [-0.05, 0) is 24.3 Å². The molecule has 1 heterocycles. The molecule has 1 rings (SSSR count). The Morgan fingerprint density at radius 2 is 2.08 bits per heavy atom. The van der Waals surface area contributed by atoms with E-state index in [0.717, 1.165) is 0 Å². The summed E-state index contributed by atoms with van der Waals surface area (Å²) in [7, 11) is 2.10. The summed E-state index contributed by atoms with van der Waals surface area (Å²) in [4.78, 5) is 0. The van der Waals surface area contributed by atoms with Gasteiger partial charge in [-0.15, -0.1) is 0 Å². The molecule has 0 bridgehead atoms. The standard InChI is InChI=1S/C11H22N2/c1-11(2,3)8-5-6-10-7-9-12-13(10)4/h7,9-10,12H,5-6,8H2,1-4H3. The van der Waals surface area contributed by atoms with Gasteiger partial charge in [-0.1, -0.05) is 27.2 Å². The minimum absolute atomic E-state index is 0.480. The van der Waals surface area contributed by atoms with Crippen LogP contribution in [0.15, 0.2) is 12.3 Å². The van der Waals surface area contributed by atoms with E-state index in [1.54, 1.807) is 0 Å². The molecule has 1 N–H and O–H groups in total. The Balaban J connectivity index is 2.16. The van der Waals surface area contributed by atoms with E-state index < -0.39 is 0 Å². The van der Waals surface area contributed by atoms with Gasteiger partial charge in [-0.3, -0.25) is 0 Å². The van der Waals surface area contributed by atoms with Crippen LogP contribution in [0, 0.1) is 5.41 Å². The SMILES string of the molecule is CN1NC=CC1CCCC(C)(C)C. The summed E-state index contributed by atoms with van der Waals surface area (Å²) in [6, 6.07) is 0.599. The van der Waals surface area contributed by atoms with Crippen LogP contribution in [0.2, 0.25) is 0 Å². The second kappa shape index (κ2) is 4.14. The first-order valence-corrected chi connectivity index (χ1v) is 5.15. The van der Waals surface area contributed by atoms with Gasteiger partial charge in [0, 0.05) is 19.3 Å². The van der Waals surface area contributed by atoms with Gasteiger partial charge in [0.05, 0.1) is 0 Å². The van der Waals surface area contributed by atoms with Crippen molar-refractivity contribution in [1.82, 2.24) is 10.4 Å². The molecule has 0 aliphatic carbocycles. The zero-order chi connectivity index (χ0) is 9.90. The quantitative estimate of drug-likeness (QED) is 0.721. The van der Waals surface area contributed by atoms with E-state index in [1.807, 2.05) is 6.20 Å². The van der Waals surface area contributed by atoms with Crippen molar-refractivity contribution in [1.29, 1.82) is 0 Å². The third-order valence-corrected chi connectivity index (χ3v) is 2.52. The van der Waals surface area contributed by atoms with Crippen molar-refractivity contribution in [3.63, 3.8) is 0 Å². The van der Waals surface area contributed by atoms with Gasteiger partial charge in [0.1, 0.15) is 0 Å². The molecule has 76 valence electrons. The van der Waals surface area contributed by atoms with E-state index in [9.17, 15) is 0 Å². The molecule has 13 heavy (non-hydrogen) atoms. The van der Waals surface area contributed by atoms with Gasteiger partial charge in [0.15, 0.2) is 0 Å². The van der Waals surface area contributed by atoms with Crippen LogP contribution >= 0.6 is 0 Å². The first-order valence-electron chi connectivity index (χ1n) is 5.15. The number of hydrogen-bond acceptors (Lipinski definition) is 2. The van der Waals surface area contributed by atoms with Crippen LogP contribution in [0.5, 0.6) is 0 Å². The molecule has 1 unspecified atom stereocenters. The topological polar surface area (TPSA) is 15.3 Å². The molecule has 1 atom stereocenters. The Kier molecular flexibility index (Phi) is 3.37. The van der Waals surface area contributed by atoms with Crippen LogP contribution in [0.4, 0.5) is 0 Å². The van der Waals surface area contributed by atoms with Gasteiger partial charge >= 0.3 is 0 Å². The molecule has 0 radical (unpaired) electrons. The average Bonchev–Trinajstić information content (AvgIpc) is 2.34. The molecule has 0 aromatic rings. The van der Waals surface area contributed by atoms with Gasteiger partial charge < -0.3 is 5.43 Å². The number of rotatable bonds is 3. The summed E-state index contributed by atoms with van der Waals surface area (Å²) < 4.78 is 0. The number of hydrogen-bond donors (Lipinski definition) is 1. The summed E-state index contributed by atoms with van der Waals surface area (Å²) in [5.41, 5.74) is 3.65. The summed E-state index contributed by atoms with van der Waals surface area (Å²) in [5.74, 6) is 0. The molecule has 1 aliphatic rings. The third kappa shape index (κ3) is 3.81. The van der Waals surface area contributed by atoms with Crippen LogP contribution < -0.4 is 5.43 Å². The van der Waals surface area contributed by atoms with Crippen molar-refractivity contribution >= 4 is 0 Å². The van der Waals surface area contributed by atoms with Gasteiger partial charge in [-0.2, -0.15) is 0 Å². The lowest BCUT2D eigenvalue weighted by Gasteiger charge is -2.22. The molecule has 0 amide bonds. The van der Waals surface area contributed by atoms with Crippen LogP contribution in [0.1, 0.15) is 40.0 Å². The smallest absolute Gasteiger partial charge is 0.0485 e. The molecule has 2 nitrogen and oxygen atoms in total. The van der Waals surface area contributed by atoms with Crippen molar-refractivity contribution in [2.24, 2.45) is 5.41 Å². The number of nitrogens with zero attached hydrogens (tertiary/aromatic N) is 1. The summed E-state index contributed by atoms with van der Waals surface area (Å²) in [6.45, 7) is 6.92. The van der Waals surface area contributed by atoms with Crippen molar-refractivity contribution < 1.29 is 0 Å². The third-order valence-electron chi connectivity index (χ3n) is 2.52. The number of likely N-dealkylation sites (N-methyl/N-ethyl adjacent to an activating group) is 1. The molecule has 1 aliphatic heterocycles. The van der Waals surface area contributed by atoms with Crippen LogP contribution in [0.3, 0.4) is 0 Å². The highest BCUT2D eigenvalue weighted by molar-refractivity contribution is 4.97. The van der Waals surface area contributed by atoms with Crippen LogP contribution in [-0.4, -0.2) is 18.1 Å². The molecule has 0 fully saturated rings. The van der Waals surface area contributed by atoms with Crippen LogP contribution in [0.25, 0.3) is 0 Å². The maximum atomic E-state index is 3.17. The van der Waals surface area contributed by atoms with Gasteiger partial charge in [-0.25, -0.2) is 5.01 Å². The van der Waals surface area contributed by atoms with Crippen molar-refractivity contribution in [2.75, 3.05) is 7.05 Å². The minimum Gasteiger partial charge on any atom is -0.326 e. The second-order valence-corrected chi connectivity index (χ2v) is 5.12. The molecular formula is C11H22N2. The molecule has 0 spiro atoms. The normalized spacial score (nSPS) is 23.5. The van der Waals surface area contributed by atoms with Crippen molar-refractivity contribution in [3.05, 3.63) is 12.3 Å². The Morgan fingerprint density at radius 3 is 2.54 bits per heavy atom. The highest BCUT2D eigenvalue weighted by Gasteiger charge is 2.16. The highest BCUT2D eigenvalue weighted by Crippen LogP contribution is 2.23. The van der Waals surface area contributed by atoms with Crippen LogP contribution in [-0.2, 0) is 0 Å². The molecule has 0 aromatic heterocycles. The fourth-order valence-corrected chi connectivity index (χ4v) is 1.63. The molecule has 0 saturated carbocycles. The summed E-state index contributed by atoms with van der Waals surface area (Å²) in [5, 5.41) is 2.17. The first-order chi connectivity index (χ1) is 5.99. The highest BCUT2D eigenvalue weighted by atomic mass is 15.5. The van der Waals surface area contributed by atoms with Crippen molar-refractivity contribution in [3.8, 4) is 0 Å². The maximum absolute atomic E-state index is 3.17. The predicted molar refractivity (Wildman–Crippen MR) is 57.1 cm³/mol. The largest absolute Gasteiger partial charge is 0.326 e. The average molecular weight is 182 g/mol. The second-order valence-electron chi connectivity index (χ2n) is 5.12. The van der Waals surface area contributed by atoms with E-state index in [-0.39, 0.29) is 0 Å². The van der Waals surface area contributed by atoms with E-state index in [0.29, 0.717) is 11.5 Å². The van der Waals surface area contributed by atoms with Crippen molar-refractivity contribution in [2.45, 2.75) is 46.1 Å². The Morgan fingerprint density at radius 1 is 1.38 bits per heavy atom. The van der Waals surface area contributed by atoms with E-state index in [2.05, 4.69) is 44.3 Å². The number of hydrazine groups is 1. The molecule has 0 saturated heterocycles. The van der Waals surface area contributed by atoms with Gasteiger partial charge in [0.2, 0.25) is 0 Å². The predicted octanol–water partition coefficient (Wildman–Crippen LogP) is 2.54. The molecule has 0 aromatic carbocycles. The lowest BCUT2D eigenvalue weighted by Crippen LogP contribution is -2.33. The Bertz CT molecular complexity index is 179. The summed E-state index contributed by atoms with van der Waals surface area (Å²) >= 11 is 0. The van der Waals surface area contributed by atoms with E-state index in [4.69, 9.17) is 0 Å². The minimum atomic E-state index is 0.480. The fourth-order valence-electron chi connectivity index (χ4n) is 1.63. The lowest BCUT2D eigenvalue weighted by molar-refractivity contribution is 0.231. The van der Waals surface area contributed by atoms with E-state index in [1.165, 1.54) is 19.3 Å². The van der Waals surface area contributed by atoms with E-state index >= 15 is 0 Å².